The van der Waals surface area contributed by atoms with Crippen molar-refractivity contribution in [1.82, 2.24) is 9.55 Å². The molecule has 4 rings (SSSR count). The second-order valence-corrected chi connectivity index (χ2v) is 6.70. The maximum atomic E-state index is 5.91. The smallest absolute Gasteiger partial charge is 0.127 e. The molecule has 0 bridgehead atoms. The highest BCUT2D eigenvalue weighted by molar-refractivity contribution is 6.03. The lowest BCUT2D eigenvalue weighted by atomic mass is 9.98. The van der Waals surface area contributed by atoms with Crippen molar-refractivity contribution in [2.75, 3.05) is 0 Å². The molecule has 0 saturated heterocycles. The fourth-order valence-corrected chi connectivity index (χ4v) is 3.40. The van der Waals surface area contributed by atoms with Gasteiger partial charge in [-0.1, -0.05) is 48.0 Å². The normalized spacial score (nSPS) is 16.2. The summed E-state index contributed by atoms with van der Waals surface area (Å²) in [5.74, 6) is 0. The molecule has 0 N–H and O–H groups in total. The highest BCUT2D eigenvalue weighted by Gasteiger charge is 2.15. The second-order valence-electron chi connectivity index (χ2n) is 6.70. The van der Waals surface area contributed by atoms with Crippen molar-refractivity contribution >= 4 is 16.5 Å². The first-order chi connectivity index (χ1) is 12.4. The van der Waals surface area contributed by atoms with Gasteiger partial charge in [0.2, 0.25) is 0 Å². The maximum absolute atomic E-state index is 5.91. The van der Waals surface area contributed by atoms with E-state index in [4.69, 9.17) is 4.84 Å². The van der Waals surface area contributed by atoms with Gasteiger partial charge in [0.15, 0.2) is 0 Å². The van der Waals surface area contributed by atoms with Gasteiger partial charge in [-0.05, 0) is 42.5 Å². The molecule has 0 radical (unpaired) electrons. The summed E-state index contributed by atoms with van der Waals surface area (Å²) in [6.45, 7) is 0.658. The first-order valence-electron chi connectivity index (χ1n) is 9.06. The fourth-order valence-electron chi connectivity index (χ4n) is 3.40. The minimum absolute atomic E-state index is 0.256. The van der Waals surface area contributed by atoms with E-state index in [0.717, 1.165) is 24.1 Å². The van der Waals surface area contributed by atoms with Crippen molar-refractivity contribution in [3.05, 3.63) is 66.7 Å². The Kier molecular flexibility index (Phi) is 4.77. The molecule has 1 aliphatic rings. The number of nitrogens with zero attached hydrogens (tertiary/aromatic N) is 3. The zero-order valence-corrected chi connectivity index (χ0v) is 14.3. The van der Waals surface area contributed by atoms with Crippen LogP contribution in [0.2, 0.25) is 0 Å². The Bertz CT molecular complexity index is 848. The quantitative estimate of drug-likeness (QED) is 0.497. The van der Waals surface area contributed by atoms with E-state index < -0.39 is 0 Å². The van der Waals surface area contributed by atoms with Crippen molar-refractivity contribution in [3.8, 4) is 0 Å². The third kappa shape index (κ3) is 3.90. The molecule has 1 saturated carbocycles. The van der Waals surface area contributed by atoms with Gasteiger partial charge in [0.1, 0.15) is 11.8 Å². The molecule has 0 aliphatic heterocycles. The van der Waals surface area contributed by atoms with Crippen LogP contribution in [-0.2, 0) is 11.4 Å². The van der Waals surface area contributed by atoms with Crippen LogP contribution in [0.4, 0.5) is 0 Å². The third-order valence-corrected chi connectivity index (χ3v) is 4.84. The molecule has 0 spiro atoms. The predicted octanol–water partition coefficient (Wildman–Crippen LogP) is 4.79. The lowest BCUT2D eigenvalue weighted by Crippen LogP contribution is -2.17. The number of aromatic nitrogens is 2. The molecule has 4 nitrogen and oxygen atoms in total. The number of rotatable bonds is 5. The molecule has 4 heteroatoms. The second kappa shape index (κ2) is 7.51. The molecular formula is C21H23N3O. The van der Waals surface area contributed by atoms with Crippen molar-refractivity contribution in [1.29, 1.82) is 0 Å². The summed E-state index contributed by atoms with van der Waals surface area (Å²) in [7, 11) is 0. The van der Waals surface area contributed by atoms with E-state index in [-0.39, 0.29) is 6.10 Å². The van der Waals surface area contributed by atoms with E-state index in [1.807, 2.05) is 17.1 Å². The van der Waals surface area contributed by atoms with Gasteiger partial charge in [-0.15, -0.1) is 0 Å². The number of oxime groups is 1. The molecule has 3 aromatic rings. The molecule has 2 aromatic carbocycles. The standard InChI is InChI=1S/C21H23N3O/c1-2-8-20(9-3-1)25-23-21(15-24-13-12-22-16-24)19-11-10-17-6-4-5-7-18(17)14-19/h4-7,10-14,16,20H,1-3,8-9,15H2/b23-21+. The Morgan fingerprint density at radius 2 is 1.92 bits per heavy atom. The van der Waals surface area contributed by atoms with Crippen LogP contribution >= 0.6 is 0 Å². The molecule has 1 aliphatic carbocycles. The van der Waals surface area contributed by atoms with Gasteiger partial charge in [-0.2, -0.15) is 0 Å². The van der Waals surface area contributed by atoms with Crippen LogP contribution in [-0.4, -0.2) is 21.4 Å². The highest BCUT2D eigenvalue weighted by atomic mass is 16.6. The van der Waals surface area contributed by atoms with Gasteiger partial charge in [-0.25, -0.2) is 4.98 Å². The zero-order valence-electron chi connectivity index (χ0n) is 14.3. The van der Waals surface area contributed by atoms with Gasteiger partial charge in [-0.3, -0.25) is 0 Å². The summed E-state index contributed by atoms with van der Waals surface area (Å²) >= 11 is 0. The topological polar surface area (TPSA) is 39.4 Å². The SMILES string of the molecule is c1ccc2cc(/C(Cn3ccnc3)=N/OC3CCCCC3)ccc2c1. The first kappa shape index (κ1) is 15.9. The van der Waals surface area contributed by atoms with Crippen LogP contribution in [0.5, 0.6) is 0 Å². The Morgan fingerprint density at radius 3 is 2.72 bits per heavy atom. The minimum Gasteiger partial charge on any atom is -0.392 e. The largest absolute Gasteiger partial charge is 0.392 e. The summed E-state index contributed by atoms with van der Waals surface area (Å²) in [5.41, 5.74) is 2.04. The van der Waals surface area contributed by atoms with E-state index in [1.165, 1.54) is 30.0 Å². The Morgan fingerprint density at radius 1 is 1.08 bits per heavy atom. The van der Waals surface area contributed by atoms with E-state index in [9.17, 15) is 0 Å². The van der Waals surface area contributed by atoms with Gasteiger partial charge >= 0.3 is 0 Å². The monoisotopic (exact) mass is 333 g/mol. The van der Waals surface area contributed by atoms with Crippen molar-refractivity contribution < 1.29 is 4.84 Å². The number of benzene rings is 2. The van der Waals surface area contributed by atoms with E-state index in [0.29, 0.717) is 6.54 Å². The summed E-state index contributed by atoms with van der Waals surface area (Å²) in [6.07, 6.45) is 11.8. The summed E-state index contributed by atoms with van der Waals surface area (Å²) in [4.78, 5) is 10.1. The Hall–Kier alpha value is -2.62. The molecule has 0 amide bonds. The average molecular weight is 333 g/mol. The average Bonchev–Trinajstić information content (AvgIpc) is 3.19. The predicted molar refractivity (Wildman–Crippen MR) is 101 cm³/mol. The summed E-state index contributed by atoms with van der Waals surface area (Å²) in [5, 5.41) is 7.02. The van der Waals surface area contributed by atoms with Crippen LogP contribution in [0, 0.1) is 0 Å². The van der Waals surface area contributed by atoms with Gasteiger partial charge < -0.3 is 9.40 Å². The molecule has 1 heterocycles. The lowest BCUT2D eigenvalue weighted by molar-refractivity contribution is 0.0326. The molecule has 25 heavy (non-hydrogen) atoms. The number of hydrogen-bond acceptors (Lipinski definition) is 3. The van der Waals surface area contributed by atoms with Crippen molar-refractivity contribution in [2.45, 2.75) is 44.8 Å². The van der Waals surface area contributed by atoms with Gasteiger partial charge in [0.05, 0.1) is 12.9 Å². The summed E-state index contributed by atoms with van der Waals surface area (Å²) in [6, 6.07) is 14.9. The maximum Gasteiger partial charge on any atom is 0.127 e. The van der Waals surface area contributed by atoms with Gasteiger partial charge in [0, 0.05) is 18.0 Å². The molecular weight excluding hydrogens is 310 g/mol. The van der Waals surface area contributed by atoms with E-state index in [2.05, 4.69) is 52.6 Å². The Balaban J connectivity index is 1.62. The summed E-state index contributed by atoms with van der Waals surface area (Å²) < 4.78 is 2.03. The fraction of sp³-hybridized carbons (Fsp3) is 0.333. The van der Waals surface area contributed by atoms with Crippen LogP contribution < -0.4 is 0 Å². The van der Waals surface area contributed by atoms with Gasteiger partial charge in [0.25, 0.3) is 0 Å². The van der Waals surface area contributed by atoms with Crippen molar-refractivity contribution in [2.24, 2.45) is 5.16 Å². The molecule has 0 unspecified atom stereocenters. The molecule has 0 atom stereocenters. The first-order valence-corrected chi connectivity index (χ1v) is 9.06. The van der Waals surface area contributed by atoms with Crippen LogP contribution in [0.3, 0.4) is 0 Å². The third-order valence-electron chi connectivity index (χ3n) is 4.84. The number of fused-ring (bicyclic) bond motifs is 1. The number of imidazole rings is 1. The zero-order chi connectivity index (χ0) is 16.9. The lowest BCUT2D eigenvalue weighted by Gasteiger charge is -2.20. The molecule has 1 aromatic heterocycles. The molecule has 128 valence electrons. The molecule has 1 fully saturated rings. The highest BCUT2D eigenvalue weighted by Crippen LogP contribution is 2.21. The van der Waals surface area contributed by atoms with E-state index in [1.54, 1.807) is 6.20 Å². The van der Waals surface area contributed by atoms with E-state index >= 15 is 0 Å². The van der Waals surface area contributed by atoms with Crippen LogP contribution in [0.1, 0.15) is 37.7 Å². The Labute approximate surface area is 148 Å². The number of hydrogen-bond donors (Lipinski definition) is 0. The minimum atomic E-state index is 0.256. The van der Waals surface area contributed by atoms with Crippen LogP contribution in [0.15, 0.2) is 66.3 Å². The van der Waals surface area contributed by atoms with Crippen molar-refractivity contribution in [3.63, 3.8) is 0 Å². The van der Waals surface area contributed by atoms with Crippen LogP contribution in [0.25, 0.3) is 10.8 Å².